The van der Waals surface area contributed by atoms with Gasteiger partial charge in [0.2, 0.25) is 0 Å². The van der Waals surface area contributed by atoms with Crippen molar-refractivity contribution in [3.05, 3.63) is 34.1 Å². The molecule has 0 radical (unpaired) electrons. The lowest BCUT2D eigenvalue weighted by Crippen LogP contribution is -2.37. The van der Waals surface area contributed by atoms with Crippen LogP contribution in [0, 0.1) is 5.82 Å². The van der Waals surface area contributed by atoms with Crippen molar-refractivity contribution in [3.8, 4) is 0 Å². The fourth-order valence-electron chi connectivity index (χ4n) is 1.48. The molecule has 1 aromatic rings. The van der Waals surface area contributed by atoms with Crippen LogP contribution in [0.1, 0.15) is 25.8 Å². The normalized spacial score (nSPS) is 14.4. The van der Waals surface area contributed by atoms with Gasteiger partial charge in [0.1, 0.15) is 11.4 Å². The Morgan fingerprint density at radius 1 is 1.53 bits per heavy atom. The van der Waals surface area contributed by atoms with Crippen molar-refractivity contribution in [1.82, 2.24) is 0 Å². The number of carbonyl (C=O) groups is 1. The lowest BCUT2D eigenvalue weighted by atomic mass is 9.92. The maximum absolute atomic E-state index is 12.9. The summed E-state index contributed by atoms with van der Waals surface area (Å²) in [5, 5.41) is 0. The monoisotopic (exact) mass is 302 g/mol. The van der Waals surface area contributed by atoms with Crippen molar-refractivity contribution in [2.45, 2.75) is 32.3 Å². The van der Waals surface area contributed by atoms with Gasteiger partial charge in [-0.25, -0.2) is 4.39 Å². The molecule has 0 bridgehead atoms. The van der Waals surface area contributed by atoms with Gasteiger partial charge in [-0.15, -0.1) is 0 Å². The second-order valence-corrected chi connectivity index (χ2v) is 4.98. The first kappa shape index (κ1) is 14.3. The van der Waals surface area contributed by atoms with E-state index >= 15 is 0 Å². The average Bonchev–Trinajstić information content (AvgIpc) is 2.31. The number of Topliss-reactive ketones (excluding diaryl/α,β-unsaturated/α-hetero) is 1. The zero-order valence-electron chi connectivity index (χ0n) is 10.2. The van der Waals surface area contributed by atoms with Crippen molar-refractivity contribution in [3.63, 3.8) is 0 Å². The Bertz CT molecular complexity index is 414. The number of ketones is 1. The van der Waals surface area contributed by atoms with E-state index in [0.29, 0.717) is 10.9 Å². The average molecular weight is 303 g/mol. The molecular weight excluding hydrogens is 287 g/mol. The summed E-state index contributed by atoms with van der Waals surface area (Å²) in [6.45, 7) is 3.67. The molecule has 1 unspecified atom stereocenters. The third-order valence-electron chi connectivity index (χ3n) is 3.08. The highest BCUT2D eigenvalue weighted by Gasteiger charge is 2.30. The van der Waals surface area contributed by atoms with Crippen molar-refractivity contribution >= 4 is 21.7 Å². The third-order valence-corrected chi connectivity index (χ3v) is 3.82. The Balaban J connectivity index is 2.88. The zero-order chi connectivity index (χ0) is 13.1. The van der Waals surface area contributed by atoms with Gasteiger partial charge in [0.05, 0.1) is 0 Å². The molecule has 4 heteroatoms. The van der Waals surface area contributed by atoms with E-state index < -0.39 is 5.60 Å². The number of hydrogen-bond donors (Lipinski definition) is 0. The summed E-state index contributed by atoms with van der Waals surface area (Å²) in [6.07, 6.45) is 0.847. The van der Waals surface area contributed by atoms with E-state index in [1.165, 1.54) is 19.2 Å². The minimum Gasteiger partial charge on any atom is -0.371 e. The summed E-state index contributed by atoms with van der Waals surface area (Å²) >= 11 is 3.25. The Morgan fingerprint density at radius 2 is 2.18 bits per heavy atom. The molecular formula is C13H16BrFO2. The van der Waals surface area contributed by atoms with Gasteiger partial charge in [0.25, 0.3) is 0 Å². The van der Waals surface area contributed by atoms with Crippen LogP contribution >= 0.6 is 15.9 Å². The second kappa shape index (κ2) is 5.74. The van der Waals surface area contributed by atoms with Gasteiger partial charge in [-0.3, -0.25) is 4.79 Å². The van der Waals surface area contributed by atoms with Gasteiger partial charge >= 0.3 is 0 Å². The first-order valence-electron chi connectivity index (χ1n) is 5.45. The smallest absolute Gasteiger partial charge is 0.168 e. The number of methoxy groups -OCH3 is 1. The molecule has 0 aromatic heterocycles. The molecule has 0 N–H and O–H groups in total. The van der Waals surface area contributed by atoms with Crippen LogP contribution < -0.4 is 0 Å². The Hall–Kier alpha value is -0.740. The molecule has 2 nitrogen and oxygen atoms in total. The molecule has 0 aliphatic heterocycles. The van der Waals surface area contributed by atoms with E-state index in [1.807, 2.05) is 6.92 Å². The maximum Gasteiger partial charge on any atom is 0.168 e. The number of ether oxygens (including phenoxy) is 1. The Labute approximate surface area is 109 Å². The molecule has 1 aromatic carbocycles. The third kappa shape index (κ3) is 3.36. The second-order valence-electron chi connectivity index (χ2n) is 4.12. The van der Waals surface area contributed by atoms with Crippen LogP contribution in [0.4, 0.5) is 4.39 Å². The van der Waals surface area contributed by atoms with E-state index in [2.05, 4.69) is 15.9 Å². The fourth-order valence-corrected chi connectivity index (χ4v) is 1.97. The van der Waals surface area contributed by atoms with E-state index in [4.69, 9.17) is 4.74 Å². The molecule has 0 spiro atoms. The predicted octanol–water partition coefficient (Wildman–Crippen LogP) is 3.51. The highest BCUT2D eigenvalue weighted by atomic mass is 79.9. The quantitative estimate of drug-likeness (QED) is 0.832. The molecule has 0 heterocycles. The van der Waals surface area contributed by atoms with Crippen LogP contribution in [0.5, 0.6) is 0 Å². The molecule has 0 amide bonds. The molecule has 1 atom stereocenters. The fraction of sp³-hybridized carbons (Fsp3) is 0.462. The van der Waals surface area contributed by atoms with Crippen LogP contribution in [0.3, 0.4) is 0 Å². The first-order chi connectivity index (χ1) is 7.92. The standard InChI is InChI=1S/C13H16BrFO2/c1-4-13(2,17-3)12(16)7-9-5-6-10(15)8-11(9)14/h5-6,8H,4,7H2,1-3H3. The van der Waals surface area contributed by atoms with Crippen molar-refractivity contribution in [1.29, 1.82) is 0 Å². The Kier molecular flexibility index (Phi) is 4.83. The molecule has 0 fully saturated rings. The maximum atomic E-state index is 12.9. The van der Waals surface area contributed by atoms with Gasteiger partial charge in [0.15, 0.2) is 5.78 Å². The summed E-state index contributed by atoms with van der Waals surface area (Å²) in [5.41, 5.74) is 0.00140. The summed E-state index contributed by atoms with van der Waals surface area (Å²) in [5.74, 6) is -0.326. The van der Waals surface area contributed by atoms with Crippen molar-refractivity contribution in [2.75, 3.05) is 7.11 Å². The molecule has 0 aliphatic rings. The lowest BCUT2D eigenvalue weighted by Gasteiger charge is -2.25. The molecule has 0 saturated heterocycles. The van der Waals surface area contributed by atoms with Gasteiger partial charge < -0.3 is 4.74 Å². The van der Waals surface area contributed by atoms with Crippen LogP contribution in [0.25, 0.3) is 0 Å². The highest BCUT2D eigenvalue weighted by Crippen LogP contribution is 2.23. The van der Waals surface area contributed by atoms with Gasteiger partial charge in [-0.1, -0.05) is 28.9 Å². The van der Waals surface area contributed by atoms with Crippen LogP contribution in [-0.2, 0) is 16.0 Å². The predicted molar refractivity (Wildman–Crippen MR) is 68.5 cm³/mol. The summed E-state index contributed by atoms with van der Waals surface area (Å²) < 4.78 is 18.8. The van der Waals surface area contributed by atoms with E-state index in [-0.39, 0.29) is 18.0 Å². The minimum atomic E-state index is -0.770. The minimum absolute atomic E-state index is 0.00481. The molecule has 1 rings (SSSR count). The summed E-state index contributed by atoms with van der Waals surface area (Å²) in [6, 6.07) is 4.32. The number of halogens is 2. The van der Waals surface area contributed by atoms with E-state index in [1.54, 1.807) is 13.0 Å². The number of carbonyl (C=O) groups excluding carboxylic acids is 1. The highest BCUT2D eigenvalue weighted by molar-refractivity contribution is 9.10. The largest absolute Gasteiger partial charge is 0.371 e. The van der Waals surface area contributed by atoms with Gasteiger partial charge in [0, 0.05) is 18.0 Å². The summed E-state index contributed by atoms with van der Waals surface area (Å²) in [7, 11) is 1.53. The Morgan fingerprint density at radius 3 is 2.65 bits per heavy atom. The first-order valence-corrected chi connectivity index (χ1v) is 6.24. The molecule has 94 valence electrons. The SMILES string of the molecule is CCC(C)(OC)C(=O)Cc1ccc(F)cc1Br. The van der Waals surface area contributed by atoms with Gasteiger partial charge in [-0.2, -0.15) is 0 Å². The van der Waals surface area contributed by atoms with Crippen LogP contribution in [-0.4, -0.2) is 18.5 Å². The number of benzene rings is 1. The number of rotatable bonds is 5. The summed E-state index contributed by atoms with van der Waals surface area (Å²) in [4.78, 5) is 12.1. The topological polar surface area (TPSA) is 26.3 Å². The van der Waals surface area contributed by atoms with Crippen molar-refractivity contribution in [2.24, 2.45) is 0 Å². The zero-order valence-corrected chi connectivity index (χ0v) is 11.8. The van der Waals surface area contributed by atoms with E-state index in [0.717, 1.165) is 5.56 Å². The molecule has 17 heavy (non-hydrogen) atoms. The molecule has 0 aliphatic carbocycles. The van der Waals surface area contributed by atoms with Crippen molar-refractivity contribution < 1.29 is 13.9 Å². The lowest BCUT2D eigenvalue weighted by molar-refractivity contribution is -0.138. The number of hydrogen-bond acceptors (Lipinski definition) is 2. The van der Waals surface area contributed by atoms with Crippen LogP contribution in [0.2, 0.25) is 0 Å². The van der Waals surface area contributed by atoms with Crippen LogP contribution in [0.15, 0.2) is 22.7 Å². The molecule has 0 saturated carbocycles. The van der Waals surface area contributed by atoms with E-state index in [9.17, 15) is 9.18 Å². The van der Waals surface area contributed by atoms with Gasteiger partial charge in [-0.05, 0) is 31.0 Å².